The normalized spacial score (nSPS) is 17.7. The van der Waals surface area contributed by atoms with E-state index in [0.29, 0.717) is 11.3 Å². The molecule has 0 aliphatic carbocycles. The summed E-state index contributed by atoms with van der Waals surface area (Å²) >= 11 is 0. The molecule has 0 saturated carbocycles. The molecule has 1 saturated heterocycles. The highest BCUT2D eigenvalue weighted by atomic mass is 19.1. The van der Waals surface area contributed by atoms with Gasteiger partial charge in [-0.1, -0.05) is 18.2 Å². The van der Waals surface area contributed by atoms with Gasteiger partial charge in [0.2, 0.25) is 5.91 Å². The highest BCUT2D eigenvalue weighted by molar-refractivity contribution is 5.97. The third kappa shape index (κ3) is 5.30. The molecule has 8 nitrogen and oxygen atoms in total. The van der Waals surface area contributed by atoms with Crippen LogP contribution in [0.15, 0.2) is 48.5 Å². The Hall–Kier alpha value is -3.62. The summed E-state index contributed by atoms with van der Waals surface area (Å²) in [7, 11) is 2.71. The van der Waals surface area contributed by atoms with E-state index in [1.165, 1.54) is 37.3 Å². The number of hydrogen-bond acceptors (Lipinski definition) is 6. The first-order chi connectivity index (χ1) is 14.9. The van der Waals surface area contributed by atoms with Crippen LogP contribution in [0.3, 0.4) is 0 Å². The Morgan fingerprint density at radius 3 is 2.61 bits per heavy atom. The predicted octanol–water partition coefficient (Wildman–Crippen LogP) is 1.79. The largest absolute Gasteiger partial charge is 0.497 e. The number of esters is 1. The molecule has 0 spiro atoms. The van der Waals surface area contributed by atoms with Gasteiger partial charge in [-0.3, -0.25) is 9.59 Å². The van der Waals surface area contributed by atoms with E-state index in [1.54, 1.807) is 30.3 Å². The van der Waals surface area contributed by atoms with Crippen molar-refractivity contribution >= 4 is 17.8 Å². The number of ether oxygens (including phenoxy) is 3. The van der Waals surface area contributed by atoms with Gasteiger partial charge in [0.1, 0.15) is 17.9 Å². The maximum absolute atomic E-state index is 13.9. The molecule has 2 atom stereocenters. The molecule has 2 aromatic carbocycles. The minimum absolute atomic E-state index is 0.0387. The number of likely N-dealkylation sites (tertiary alicyclic amines) is 1. The number of carbonyl (C=O) groups excluding carboxylic acids is 3. The molecule has 1 fully saturated rings. The number of halogens is 1. The van der Waals surface area contributed by atoms with Crippen LogP contribution in [0.5, 0.6) is 11.5 Å². The van der Waals surface area contributed by atoms with Crippen molar-refractivity contribution in [2.45, 2.75) is 18.6 Å². The summed E-state index contributed by atoms with van der Waals surface area (Å²) in [5.41, 5.74) is 0.332. The Bertz CT molecular complexity index is 967. The van der Waals surface area contributed by atoms with Crippen LogP contribution in [0.1, 0.15) is 16.8 Å². The summed E-state index contributed by atoms with van der Waals surface area (Å²) in [4.78, 5) is 38.6. The number of nitrogens with one attached hydrogen (secondary N) is 1. The topological polar surface area (TPSA) is 94.2 Å². The quantitative estimate of drug-likeness (QED) is 0.673. The van der Waals surface area contributed by atoms with Crippen LogP contribution in [0.2, 0.25) is 0 Å². The third-order valence-electron chi connectivity index (χ3n) is 4.92. The fraction of sp³-hybridized carbons (Fsp3) is 0.318. The van der Waals surface area contributed by atoms with Crippen molar-refractivity contribution in [1.29, 1.82) is 0 Å². The maximum atomic E-state index is 13.9. The van der Waals surface area contributed by atoms with Gasteiger partial charge in [-0.15, -0.1) is 0 Å². The fourth-order valence-electron chi connectivity index (χ4n) is 3.36. The number of methoxy groups -OCH3 is 2. The van der Waals surface area contributed by atoms with Crippen LogP contribution >= 0.6 is 0 Å². The lowest BCUT2D eigenvalue weighted by Crippen LogP contribution is -2.46. The first kappa shape index (κ1) is 22.1. The molecule has 1 N–H and O–H groups in total. The molecule has 2 unspecified atom stereocenters. The molecule has 2 aromatic rings. The summed E-state index contributed by atoms with van der Waals surface area (Å²) in [6.07, 6.45) is -0.449. The average Bonchev–Trinajstić information content (AvgIpc) is 3.22. The second-order valence-corrected chi connectivity index (χ2v) is 6.91. The Labute approximate surface area is 178 Å². The maximum Gasteiger partial charge on any atom is 0.328 e. The van der Waals surface area contributed by atoms with Gasteiger partial charge >= 0.3 is 5.97 Å². The molecule has 1 heterocycles. The van der Waals surface area contributed by atoms with Gasteiger partial charge in [-0.05, 0) is 30.3 Å². The average molecular weight is 430 g/mol. The number of para-hydroxylation sites is 1. The van der Waals surface area contributed by atoms with Gasteiger partial charge in [0.15, 0.2) is 11.6 Å². The van der Waals surface area contributed by atoms with E-state index in [2.05, 4.69) is 5.32 Å². The molecule has 2 amide bonds. The van der Waals surface area contributed by atoms with E-state index in [-0.39, 0.29) is 25.3 Å². The molecule has 0 radical (unpaired) electrons. The second kappa shape index (κ2) is 9.92. The summed E-state index contributed by atoms with van der Waals surface area (Å²) in [6, 6.07) is 11.5. The molecular weight excluding hydrogens is 407 g/mol. The molecule has 31 heavy (non-hydrogen) atoms. The van der Waals surface area contributed by atoms with Gasteiger partial charge in [-0.25, -0.2) is 9.18 Å². The molecule has 0 bridgehead atoms. The molecule has 1 aliphatic heterocycles. The van der Waals surface area contributed by atoms with Crippen molar-refractivity contribution in [3.63, 3.8) is 0 Å². The van der Waals surface area contributed by atoms with Gasteiger partial charge < -0.3 is 24.4 Å². The SMILES string of the molecule is COC(=O)C1CC(Oc2ccccc2F)CN1C(=O)CNC(=O)c1cccc(OC)c1. The highest BCUT2D eigenvalue weighted by Gasteiger charge is 2.41. The first-order valence-corrected chi connectivity index (χ1v) is 9.63. The van der Waals surface area contributed by atoms with Crippen LogP contribution in [0.4, 0.5) is 4.39 Å². The lowest BCUT2D eigenvalue weighted by molar-refractivity contribution is -0.150. The lowest BCUT2D eigenvalue weighted by Gasteiger charge is -2.22. The molecule has 3 rings (SSSR count). The highest BCUT2D eigenvalue weighted by Crippen LogP contribution is 2.25. The Kier molecular flexibility index (Phi) is 7.07. The van der Waals surface area contributed by atoms with Crippen LogP contribution in [0, 0.1) is 5.82 Å². The Morgan fingerprint density at radius 2 is 1.90 bits per heavy atom. The zero-order valence-electron chi connectivity index (χ0n) is 17.2. The smallest absolute Gasteiger partial charge is 0.328 e. The van der Waals surface area contributed by atoms with Crippen molar-refractivity contribution in [2.75, 3.05) is 27.3 Å². The Balaban J connectivity index is 1.65. The molecular formula is C22H23FN2O6. The van der Waals surface area contributed by atoms with Crippen molar-refractivity contribution in [3.8, 4) is 11.5 Å². The number of amides is 2. The van der Waals surface area contributed by atoms with Crippen molar-refractivity contribution in [2.24, 2.45) is 0 Å². The van der Waals surface area contributed by atoms with E-state index >= 15 is 0 Å². The van der Waals surface area contributed by atoms with E-state index in [1.807, 2.05) is 0 Å². The van der Waals surface area contributed by atoms with Crippen molar-refractivity contribution < 1.29 is 33.0 Å². The number of benzene rings is 2. The number of carbonyl (C=O) groups is 3. The molecule has 9 heteroatoms. The lowest BCUT2D eigenvalue weighted by atomic mass is 10.2. The summed E-state index contributed by atoms with van der Waals surface area (Å²) < 4.78 is 29.4. The van der Waals surface area contributed by atoms with E-state index < -0.39 is 35.7 Å². The van der Waals surface area contributed by atoms with Crippen LogP contribution < -0.4 is 14.8 Å². The van der Waals surface area contributed by atoms with Crippen molar-refractivity contribution in [1.82, 2.24) is 10.2 Å². The zero-order valence-corrected chi connectivity index (χ0v) is 17.2. The summed E-state index contributed by atoms with van der Waals surface area (Å²) in [5.74, 6) is -1.53. The monoisotopic (exact) mass is 430 g/mol. The van der Waals surface area contributed by atoms with E-state index in [4.69, 9.17) is 14.2 Å². The van der Waals surface area contributed by atoms with E-state index in [9.17, 15) is 18.8 Å². The van der Waals surface area contributed by atoms with Gasteiger partial charge in [0.05, 0.1) is 27.3 Å². The van der Waals surface area contributed by atoms with Crippen LogP contribution in [-0.4, -0.2) is 62.1 Å². The number of hydrogen-bond donors (Lipinski definition) is 1. The van der Waals surface area contributed by atoms with Gasteiger partial charge in [-0.2, -0.15) is 0 Å². The summed E-state index contributed by atoms with van der Waals surface area (Å²) in [6.45, 7) is -0.266. The van der Waals surface area contributed by atoms with Crippen LogP contribution in [-0.2, 0) is 14.3 Å². The zero-order chi connectivity index (χ0) is 22.4. The fourth-order valence-corrected chi connectivity index (χ4v) is 3.36. The minimum Gasteiger partial charge on any atom is -0.497 e. The Morgan fingerprint density at radius 1 is 1.13 bits per heavy atom. The number of rotatable bonds is 7. The molecule has 0 aromatic heterocycles. The third-order valence-corrected chi connectivity index (χ3v) is 4.92. The second-order valence-electron chi connectivity index (χ2n) is 6.91. The van der Waals surface area contributed by atoms with Gasteiger partial charge in [0, 0.05) is 12.0 Å². The predicted molar refractivity (Wildman–Crippen MR) is 108 cm³/mol. The number of nitrogens with zero attached hydrogens (tertiary/aromatic N) is 1. The first-order valence-electron chi connectivity index (χ1n) is 9.63. The minimum atomic E-state index is -0.886. The standard InChI is InChI=1S/C22H23FN2O6/c1-29-15-7-5-6-14(10-15)21(27)24-12-20(26)25-13-16(11-18(25)22(28)30-2)31-19-9-4-3-8-17(19)23/h3-10,16,18H,11-13H2,1-2H3,(H,24,27). The van der Waals surface area contributed by atoms with Crippen LogP contribution in [0.25, 0.3) is 0 Å². The van der Waals surface area contributed by atoms with Gasteiger partial charge in [0.25, 0.3) is 5.91 Å². The summed E-state index contributed by atoms with van der Waals surface area (Å²) in [5, 5.41) is 2.54. The molecule has 1 aliphatic rings. The van der Waals surface area contributed by atoms with E-state index in [0.717, 1.165) is 0 Å². The van der Waals surface area contributed by atoms with Crippen molar-refractivity contribution in [3.05, 3.63) is 59.9 Å². The molecule has 164 valence electrons.